The summed E-state index contributed by atoms with van der Waals surface area (Å²) in [5, 5.41) is 13.0. The van der Waals surface area contributed by atoms with E-state index < -0.39 is 0 Å². The van der Waals surface area contributed by atoms with E-state index in [2.05, 4.69) is 12.2 Å². The first-order valence-corrected chi connectivity index (χ1v) is 6.76. The molecule has 3 nitrogen and oxygen atoms in total. The van der Waals surface area contributed by atoms with Crippen molar-refractivity contribution in [1.29, 1.82) is 0 Å². The third-order valence-corrected chi connectivity index (χ3v) is 3.89. The molecular weight excluding hydrogens is 202 g/mol. The van der Waals surface area contributed by atoms with Gasteiger partial charge in [0.2, 0.25) is 0 Å². The van der Waals surface area contributed by atoms with Gasteiger partial charge in [0, 0.05) is 6.54 Å². The van der Waals surface area contributed by atoms with Crippen LogP contribution in [-0.4, -0.2) is 37.0 Å². The summed E-state index contributed by atoms with van der Waals surface area (Å²) in [7, 11) is 0. The summed E-state index contributed by atoms with van der Waals surface area (Å²) >= 11 is 0. The minimum atomic E-state index is -0.338. The van der Waals surface area contributed by atoms with Crippen molar-refractivity contribution in [3.05, 3.63) is 0 Å². The summed E-state index contributed by atoms with van der Waals surface area (Å²) in [4.78, 5) is 0. The highest BCUT2D eigenvalue weighted by Gasteiger charge is 2.31. The topological polar surface area (TPSA) is 41.5 Å². The summed E-state index contributed by atoms with van der Waals surface area (Å²) in [6.45, 7) is 4.52. The molecule has 3 atom stereocenters. The molecule has 2 aliphatic rings. The molecule has 0 spiro atoms. The molecule has 0 aromatic carbocycles. The number of ether oxygens (including phenoxy) is 1. The SMILES string of the molecule is CC1CC1CNCC(O)COC1CCCC1. The average molecular weight is 227 g/mol. The highest BCUT2D eigenvalue weighted by atomic mass is 16.5. The molecule has 0 amide bonds. The third-order valence-electron chi connectivity index (χ3n) is 3.89. The normalized spacial score (nSPS) is 31.9. The van der Waals surface area contributed by atoms with Gasteiger partial charge >= 0.3 is 0 Å². The Morgan fingerprint density at radius 2 is 2.06 bits per heavy atom. The summed E-state index contributed by atoms with van der Waals surface area (Å²) in [5.41, 5.74) is 0. The third kappa shape index (κ3) is 4.04. The lowest BCUT2D eigenvalue weighted by Crippen LogP contribution is -2.32. The lowest BCUT2D eigenvalue weighted by atomic mass is 10.3. The Kier molecular flexibility index (Phi) is 4.62. The van der Waals surface area contributed by atoms with E-state index in [0.29, 0.717) is 19.3 Å². The summed E-state index contributed by atoms with van der Waals surface area (Å²) in [6.07, 6.45) is 6.37. The van der Waals surface area contributed by atoms with Crippen molar-refractivity contribution in [2.24, 2.45) is 11.8 Å². The number of aliphatic hydroxyl groups is 1. The van der Waals surface area contributed by atoms with Crippen LogP contribution in [0.2, 0.25) is 0 Å². The molecule has 2 aliphatic carbocycles. The minimum absolute atomic E-state index is 0.338. The molecule has 0 heterocycles. The zero-order valence-electron chi connectivity index (χ0n) is 10.3. The van der Waals surface area contributed by atoms with E-state index in [4.69, 9.17) is 4.74 Å². The quantitative estimate of drug-likeness (QED) is 0.693. The Hall–Kier alpha value is -0.120. The van der Waals surface area contributed by atoms with Crippen LogP contribution in [0, 0.1) is 11.8 Å². The van der Waals surface area contributed by atoms with Gasteiger partial charge in [-0.25, -0.2) is 0 Å². The van der Waals surface area contributed by atoms with Crippen LogP contribution in [0.25, 0.3) is 0 Å². The second kappa shape index (κ2) is 5.99. The predicted molar refractivity (Wildman–Crippen MR) is 64.4 cm³/mol. The second-order valence-electron chi connectivity index (χ2n) is 5.52. The van der Waals surface area contributed by atoms with E-state index in [1.165, 1.54) is 32.1 Å². The first kappa shape index (κ1) is 12.3. The Morgan fingerprint density at radius 3 is 2.69 bits per heavy atom. The van der Waals surface area contributed by atoms with Crippen LogP contribution >= 0.6 is 0 Å². The fraction of sp³-hybridized carbons (Fsp3) is 1.00. The van der Waals surface area contributed by atoms with Crippen molar-refractivity contribution < 1.29 is 9.84 Å². The lowest BCUT2D eigenvalue weighted by Gasteiger charge is -2.15. The summed E-state index contributed by atoms with van der Waals surface area (Å²) in [5.74, 6) is 1.74. The molecular formula is C13H25NO2. The molecule has 3 unspecified atom stereocenters. The maximum atomic E-state index is 9.72. The second-order valence-corrected chi connectivity index (χ2v) is 5.52. The number of hydrogen-bond donors (Lipinski definition) is 2. The molecule has 0 aromatic heterocycles. The number of hydrogen-bond acceptors (Lipinski definition) is 3. The largest absolute Gasteiger partial charge is 0.389 e. The van der Waals surface area contributed by atoms with Crippen LogP contribution < -0.4 is 5.32 Å². The molecule has 0 bridgehead atoms. The molecule has 2 fully saturated rings. The van der Waals surface area contributed by atoms with Gasteiger partial charge in [-0.15, -0.1) is 0 Å². The van der Waals surface area contributed by atoms with Gasteiger partial charge in [-0.05, 0) is 37.6 Å². The van der Waals surface area contributed by atoms with Gasteiger partial charge in [0.1, 0.15) is 0 Å². The average Bonchev–Trinajstić information content (AvgIpc) is 2.80. The molecule has 94 valence electrons. The molecule has 0 radical (unpaired) electrons. The Labute approximate surface area is 98.6 Å². The monoisotopic (exact) mass is 227 g/mol. The van der Waals surface area contributed by atoms with Crippen molar-refractivity contribution in [2.75, 3.05) is 19.7 Å². The first-order chi connectivity index (χ1) is 7.75. The Bertz CT molecular complexity index is 204. The molecule has 0 aromatic rings. The van der Waals surface area contributed by atoms with Gasteiger partial charge in [0.15, 0.2) is 0 Å². The standard InChI is InChI=1S/C13H25NO2/c1-10-6-11(10)7-14-8-12(15)9-16-13-4-2-3-5-13/h10-15H,2-9H2,1H3. The van der Waals surface area contributed by atoms with Crippen LogP contribution in [0.3, 0.4) is 0 Å². The molecule has 16 heavy (non-hydrogen) atoms. The van der Waals surface area contributed by atoms with Gasteiger partial charge in [0.25, 0.3) is 0 Å². The molecule has 0 aliphatic heterocycles. The van der Waals surface area contributed by atoms with Crippen molar-refractivity contribution in [3.63, 3.8) is 0 Å². The van der Waals surface area contributed by atoms with E-state index in [1.807, 2.05) is 0 Å². The van der Waals surface area contributed by atoms with Gasteiger partial charge in [-0.3, -0.25) is 0 Å². The van der Waals surface area contributed by atoms with Crippen molar-refractivity contribution in [2.45, 2.75) is 51.2 Å². The highest BCUT2D eigenvalue weighted by Crippen LogP contribution is 2.36. The smallest absolute Gasteiger partial charge is 0.0897 e. The maximum absolute atomic E-state index is 9.72. The van der Waals surface area contributed by atoms with Crippen molar-refractivity contribution >= 4 is 0 Å². The van der Waals surface area contributed by atoms with Crippen LogP contribution in [0.4, 0.5) is 0 Å². The van der Waals surface area contributed by atoms with E-state index in [9.17, 15) is 5.11 Å². The van der Waals surface area contributed by atoms with Crippen LogP contribution in [0.5, 0.6) is 0 Å². The zero-order chi connectivity index (χ0) is 11.4. The minimum Gasteiger partial charge on any atom is -0.389 e. The Balaban J connectivity index is 1.45. The van der Waals surface area contributed by atoms with Gasteiger partial charge in [-0.1, -0.05) is 19.8 Å². The molecule has 2 saturated carbocycles. The van der Waals surface area contributed by atoms with E-state index in [-0.39, 0.29) is 6.10 Å². The summed E-state index contributed by atoms with van der Waals surface area (Å²) < 4.78 is 5.67. The first-order valence-electron chi connectivity index (χ1n) is 6.76. The Morgan fingerprint density at radius 1 is 1.38 bits per heavy atom. The highest BCUT2D eigenvalue weighted by molar-refractivity contribution is 4.84. The fourth-order valence-corrected chi connectivity index (χ4v) is 2.48. The molecule has 3 heteroatoms. The van der Waals surface area contributed by atoms with Crippen molar-refractivity contribution in [1.82, 2.24) is 5.32 Å². The van der Waals surface area contributed by atoms with Gasteiger partial charge in [0.05, 0.1) is 18.8 Å². The van der Waals surface area contributed by atoms with Crippen LogP contribution in [-0.2, 0) is 4.74 Å². The molecule has 2 N–H and O–H groups in total. The van der Waals surface area contributed by atoms with E-state index >= 15 is 0 Å². The van der Waals surface area contributed by atoms with Gasteiger partial charge < -0.3 is 15.2 Å². The number of nitrogens with one attached hydrogen (secondary N) is 1. The maximum Gasteiger partial charge on any atom is 0.0897 e. The molecule has 0 saturated heterocycles. The number of rotatable bonds is 7. The van der Waals surface area contributed by atoms with Crippen LogP contribution in [0.1, 0.15) is 39.0 Å². The fourth-order valence-electron chi connectivity index (χ4n) is 2.48. The van der Waals surface area contributed by atoms with Crippen LogP contribution in [0.15, 0.2) is 0 Å². The van der Waals surface area contributed by atoms with E-state index in [1.54, 1.807) is 0 Å². The zero-order valence-corrected chi connectivity index (χ0v) is 10.3. The predicted octanol–water partition coefficient (Wildman–Crippen LogP) is 1.55. The molecule has 2 rings (SSSR count). The van der Waals surface area contributed by atoms with Crippen molar-refractivity contribution in [3.8, 4) is 0 Å². The lowest BCUT2D eigenvalue weighted by molar-refractivity contribution is -0.00543. The summed E-state index contributed by atoms with van der Waals surface area (Å²) in [6, 6.07) is 0. The van der Waals surface area contributed by atoms with Gasteiger partial charge in [-0.2, -0.15) is 0 Å². The number of aliphatic hydroxyl groups excluding tert-OH is 1. The van der Waals surface area contributed by atoms with E-state index in [0.717, 1.165) is 18.4 Å².